The van der Waals surface area contributed by atoms with Crippen LogP contribution in [0.3, 0.4) is 0 Å². The molecule has 0 aliphatic heterocycles. The molecule has 112 valence electrons. The minimum atomic E-state index is -0.379. The molecule has 21 heavy (non-hydrogen) atoms. The molecule has 0 spiro atoms. The number of carbonyl (C=O) groups excluding carboxylic acids is 1. The van der Waals surface area contributed by atoms with Crippen molar-refractivity contribution in [2.75, 3.05) is 12.5 Å². The molecule has 1 unspecified atom stereocenters. The summed E-state index contributed by atoms with van der Waals surface area (Å²) in [4.78, 5) is 15.1. The number of alkyl carbamates (subject to hydrolysis) is 1. The van der Waals surface area contributed by atoms with Crippen LogP contribution in [0.25, 0.3) is 10.9 Å². The molecule has 2 aromatic rings. The molecule has 5 heteroatoms. The Labute approximate surface area is 128 Å². The second-order valence-corrected chi connectivity index (χ2v) is 5.92. The van der Waals surface area contributed by atoms with Crippen LogP contribution in [0.1, 0.15) is 23.2 Å². The van der Waals surface area contributed by atoms with E-state index in [2.05, 4.69) is 35.4 Å². The molecule has 2 N–H and O–H groups in total. The fraction of sp³-hybridized carbons (Fsp3) is 0.438. The lowest BCUT2D eigenvalue weighted by Crippen LogP contribution is -2.39. The molecule has 0 radical (unpaired) electrons. The van der Waals surface area contributed by atoms with Crippen molar-refractivity contribution in [3.05, 3.63) is 35.0 Å². The number of ether oxygens (including phenoxy) is 1. The molecule has 1 heterocycles. The summed E-state index contributed by atoms with van der Waals surface area (Å²) in [6.45, 7) is 2.36. The van der Waals surface area contributed by atoms with Gasteiger partial charge in [0.2, 0.25) is 0 Å². The summed E-state index contributed by atoms with van der Waals surface area (Å²) in [5, 5.41) is 4.22. The zero-order valence-corrected chi connectivity index (χ0v) is 12.8. The van der Waals surface area contributed by atoms with Gasteiger partial charge in [0, 0.05) is 29.1 Å². The molecule has 0 bridgehead atoms. The van der Waals surface area contributed by atoms with E-state index in [1.54, 1.807) is 0 Å². The smallest absolute Gasteiger partial charge is 0.407 e. The molecule has 3 rings (SSSR count). The second kappa shape index (κ2) is 5.98. The van der Waals surface area contributed by atoms with E-state index in [1.807, 2.05) is 0 Å². The summed E-state index contributed by atoms with van der Waals surface area (Å²) in [6, 6.07) is 6.59. The number of amides is 1. The van der Waals surface area contributed by atoms with Gasteiger partial charge < -0.3 is 15.0 Å². The van der Waals surface area contributed by atoms with Crippen LogP contribution >= 0.6 is 11.6 Å². The Kier molecular flexibility index (Phi) is 4.06. The monoisotopic (exact) mass is 306 g/mol. The lowest BCUT2D eigenvalue weighted by molar-refractivity contribution is 0.147. The zero-order chi connectivity index (χ0) is 14.8. The molecular formula is C16H19ClN2O2. The first-order valence-electron chi connectivity index (χ1n) is 7.26. The Balaban J connectivity index is 1.74. The van der Waals surface area contributed by atoms with Gasteiger partial charge in [0.1, 0.15) is 6.61 Å². The maximum absolute atomic E-state index is 11.6. The first-order valence-corrected chi connectivity index (χ1v) is 7.80. The van der Waals surface area contributed by atoms with Crippen molar-refractivity contribution >= 4 is 28.6 Å². The van der Waals surface area contributed by atoms with E-state index in [-0.39, 0.29) is 18.7 Å². The average molecular weight is 307 g/mol. The van der Waals surface area contributed by atoms with E-state index in [1.165, 1.54) is 27.7 Å². The third kappa shape index (κ3) is 3.00. The summed E-state index contributed by atoms with van der Waals surface area (Å²) in [5.74, 6) is 0.323. The number of aromatic amines is 1. The van der Waals surface area contributed by atoms with Crippen molar-refractivity contribution < 1.29 is 9.53 Å². The van der Waals surface area contributed by atoms with Gasteiger partial charge in [-0.05, 0) is 37.5 Å². The van der Waals surface area contributed by atoms with Gasteiger partial charge in [0.05, 0.1) is 5.88 Å². The number of nitrogens with one attached hydrogen (secondary N) is 2. The predicted molar refractivity (Wildman–Crippen MR) is 84.1 cm³/mol. The summed E-state index contributed by atoms with van der Waals surface area (Å²) < 4.78 is 4.96. The first-order chi connectivity index (χ1) is 10.2. The standard InChI is InChI=1S/C16H19ClN2O2/c1-10-2-5-14-13(8-10)12-4-3-11(9-15(12)19-14)18-16(20)21-7-6-17/h2,5,8,11,19H,3-4,6-7,9H2,1H3,(H,18,20). The second-order valence-electron chi connectivity index (χ2n) is 5.54. The molecule has 0 saturated carbocycles. The Morgan fingerprint density at radius 3 is 3.19 bits per heavy atom. The predicted octanol–water partition coefficient (Wildman–Crippen LogP) is 3.30. The largest absolute Gasteiger partial charge is 0.448 e. The number of aryl methyl sites for hydroxylation is 2. The first kappa shape index (κ1) is 14.3. The third-order valence-electron chi connectivity index (χ3n) is 3.98. The minimum absolute atomic E-state index is 0.120. The van der Waals surface area contributed by atoms with E-state index in [9.17, 15) is 4.79 Å². The lowest BCUT2D eigenvalue weighted by atomic mass is 9.91. The van der Waals surface area contributed by atoms with Gasteiger partial charge in [-0.3, -0.25) is 0 Å². The Bertz CT molecular complexity index is 666. The number of H-pyrrole nitrogens is 1. The molecule has 1 aliphatic rings. The normalized spacial score (nSPS) is 17.5. The summed E-state index contributed by atoms with van der Waals surface area (Å²) >= 11 is 5.50. The van der Waals surface area contributed by atoms with E-state index in [0.717, 1.165) is 19.3 Å². The number of fused-ring (bicyclic) bond motifs is 3. The highest BCUT2D eigenvalue weighted by Gasteiger charge is 2.23. The van der Waals surface area contributed by atoms with Gasteiger partial charge in [-0.2, -0.15) is 0 Å². The molecular weight excluding hydrogens is 288 g/mol. The van der Waals surface area contributed by atoms with Crippen molar-refractivity contribution in [3.8, 4) is 0 Å². The van der Waals surface area contributed by atoms with E-state index < -0.39 is 0 Å². The van der Waals surface area contributed by atoms with Gasteiger partial charge in [0.25, 0.3) is 0 Å². The molecule has 4 nitrogen and oxygen atoms in total. The van der Waals surface area contributed by atoms with Gasteiger partial charge in [-0.25, -0.2) is 4.79 Å². The number of benzene rings is 1. The number of aromatic nitrogens is 1. The average Bonchev–Trinajstić information content (AvgIpc) is 2.82. The van der Waals surface area contributed by atoms with E-state index in [4.69, 9.17) is 16.3 Å². The number of carbonyl (C=O) groups is 1. The minimum Gasteiger partial charge on any atom is -0.448 e. The highest BCUT2D eigenvalue weighted by atomic mass is 35.5. The van der Waals surface area contributed by atoms with Crippen LogP contribution in [0.4, 0.5) is 4.79 Å². The quantitative estimate of drug-likeness (QED) is 0.855. The van der Waals surface area contributed by atoms with Crippen molar-refractivity contribution in [1.29, 1.82) is 0 Å². The number of rotatable bonds is 3. The van der Waals surface area contributed by atoms with Gasteiger partial charge in [-0.1, -0.05) is 11.6 Å². The van der Waals surface area contributed by atoms with E-state index in [0.29, 0.717) is 5.88 Å². The summed E-state index contributed by atoms with van der Waals surface area (Å²) in [5.41, 5.74) is 5.07. The van der Waals surface area contributed by atoms with Gasteiger partial charge >= 0.3 is 6.09 Å². The van der Waals surface area contributed by atoms with Crippen LogP contribution in [0.5, 0.6) is 0 Å². The van der Waals surface area contributed by atoms with Crippen LogP contribution in [0.15, 0.2) is 18.2 Å². The molecule has 1 aliphatic carbocycles. The fourth-order valence-corrected chi connectivity index (χ4v) is 3.08. The molecule has 1 atom stereocenters. The Morgan fingerprint density at radius 1 is 1.52 bits per heavy atom. The number of hydrogen-bond donors (Lipinski definition) is 2. The van der Waals surface area contributed by atoms with Crippen LogP contribution in [0.2, 0.25) is 0 Å². The van der Waals surface area contributed by atoms with Crippen molar-refractivity contribution in [3.63, 3.8) is 0 Å². The molecule has 1 aromatic carbocycles. The Hall–Kier alpha value is -1.68. The molecule has 0 saturated heterocycles. The SMILES string of the molecule is Cc1ccc2[nH]c3c(c2c1)CCC(NC(=O)OCCCl)C3. The van der Waals surface area contributed by atoms with E-state index >= 15 is 0 Å². The maximum atomic E-state index is 11.6. The molecule has 1 aromatic heterocycles. The lowest BCUT2D eigenvalue weighted by Gasteiger charge is -2.23. The van der Waals surface area contributed by atoms with Gasteiger partial charge in [-0.15, -0.1) is 11.6 Å². The summed E-state index contributed by atoms with van der Waals surface area (Å²) in [7, 11) is 0. The van der Waals surface area contributed by atoms with Gasteiger partial charge in [0.15, 0.2) is 0 Å². The van der Waals surface area contributed by atoms with Crippen LogP contribution in [-0.4, -0.2) is 29.6 Å². The van der Waals surface area contributed by atoms with Crippen LogP contribution in [0, 0.1) is 6.92 Å². The number of alkyl halides is 1. The maximum Gasteiger partial charge on any atom is 0.407 e. The van der Waals surface area contributed by atoms with Crippen molar-refractivity contribution in [2.24, 2.45) is 0 Å². The highest BCUT2D eigenvalue weighted by molar-refractivity contribution is 6.18. The van der Waals surface area contributed by atoms with Crippen LogP contribution < -0.4 is 5.32 Å². The van der Waals surface area contributed by atoms with Crippen molar-refractivity contribution in [2.45, 2.75) is 32.2 Å². The zero-order valence-electron chi connectivity index (χ0n) is 12.0. The Morgan fingerprint density at radius 2 is 2.38 bits per heavy atom. The highest BCUT2D eigenvalue weighted by Crippen LogP contribution is 2.29. The third-order valence-corrected chi connectivity index (χ3v) is 4.13. The topological polar surface area (TPSA) is 54.1 Å². The molecule has 0 fully saturated rings. The van der Waals surface area contributed by atoms with Crippen molar-refractivity contribution in [1.82, 2.24) is 10.3 Å². The van der Waals surface area contributed by atoms with Crippen LogP contribution in [-0.2, 0) is 17.6 Å². The number of hydrogen-bond acceptors (Lipinski definition) is 2. The summed E-state index contributed by atoms with van der Waals surface area (Å²) in [6.07, 6.45) is 2.35. The number of halogens is 1. The molecule has 1 amide bonds. The fourth-order valence-electron chi connectivity index (χ4n) is 3.01.